The van der Waals surface area contributed by atoms with Gasteiger partial charge >= 0.3 is 0 Å². The van der Waals surface area contributed by atoms with Gasteiger partial charge in [-0.25, -0.2) is 9.97 Å². The predicted molar refractivity (Wildman–Crippen MR) is 217 cm³/mol. The third kappa shape index (κ3) is 4.34. The van der Waals surface area contributed by atoms with Crippen LogP contribution in [0.4, 0.5) is 0 Å². The van der Waals surface area contributed by atoms with E-state index in [9.17, 15) is 0 Å². The summed E-state index contributed by atoms with van der Waals surface area (Å²) in [5.41, 5.74) is 8.65. The second-order valence-electron chi connectivity index (χ2n) is 13.5. The SMILES string of the molecule is c1ccc(-n2c3ccccc3c3c4c5ccccc5n(-c5cc(-c6ccc7ccccc7c6)nc(-c6ccc7ccccc7c6)n5)c4ccc32)cc1. The van der Waals surface area contributed by atoms with Crippen LogP contribution in [0, 0.1) is 0 Å². The molecular weight excluding hydrogens is 633 g/mol. The summed E-state index contributed by atoms with van der Waals surface area (Å²) in [5, 5.41) is 9.62. The maximum absolute atomic E-state index is 5.38. The van der Waals surface area contributed by atoms with Gasteiger partial charge in [-0.05, 0) is 70.1 Å². The first kappa shape index (κ1) is 28.8. The Bertz CT molecular complexity index is 3090. The molecule has 0 spiro atoms. The Hall–Kier alpha value is -7.04. The van der Waals surface area contributed by atoms with Crippen molar-refractivity contribution in [2.75, 3.05) is 0 Å². The standard InChI is InChI=1S/C48H30N4/c1-2-16-37(17-3-1)51-41-20-10-8-18-38(41)46-43(51)26-27-44-47(46)39-19-9-11-21-42(39)52(44)45-30-40(35-24-22-31-12-4-6-14-33(31)28-35)49-48(50-45)36-25-23-32-13-5-7-15-34(32)29-36/h1-30H. The topological polar surface area (TPSA) is 35.6 Å². The second kappa shape index (κ2) is 11.2. The minimum Gasteiger partial charge on any atom is -0.309 e. The fourth-order valence-corrected chi connectivity index (χ4v) is 8.12. The van der Waals surface area contributed by atoms with Gasteiger partial charge in [-0.3, -0.25) is 4.57 Å². The highest BCUT2D eigenvalue weighted by molar-refractivity contribution is 6.28. The Balaban J connectivity index is 1.23. The lowest BCUT2D eigenvalue weighted by Crippen LogP contribution is -2.02. The van der Waals surface area contributed by atoms with Crippen molar-refractivity contribution in [3.8, 4) is 34.2 Å². The first-order valence-electron chi connectivity index (χ1n) is 17.7. The molecule has 4 nitrogen and oxygen atoms in total. The number of nitrogens with zero attached hydrogens (tertiary/aromatic N) is 4. The van der Waals surface area contributed by atoms with Crippen molar-refractivity contribution in [2.45, 2.75) is 0 Å². The molecule has 52 heavy (non-hydrogen) atoms. The van der Waals surface area contributed by atoms with Crippen LogP contribution in [0.3, 0.4) is 0 Å². The van der Waals surface area contributed by atoms with Crippen LogP contribution in [0.15, 0.2) is 182 Å². The summed E-state index contributed by atoms with van der Waals surface area (Å²) in [5.74, 6) is 1.53. The van der Waals surface area contributed by atoms with Crippen LogP contribution in [0.25, 0.3) is 99.3 Å². The zero-order valence-corrected chi connectivity index (χ0v) is 28.1. The third-order valence-electron chi connectivity index (χ3n) is 10.5. The molecule has 0 aliphatic carbocycles. The van der Waals surface area contributed by atoms with Gasteiger partial charge in [0.1, 0.15) is 5.82 Å². The predicted octanol–water partition coefficient (Wildman–Crippen LogP) is 12.3. The molecule has 0 bridgehead atoms. The van der Waals surface area contributed by atoms with Gasteiger partial charge in [0.15, 0.2) is 5.82 Å². The van der Waals surface area contributed by atoms with E-state index in [4.69, 9.17) is 9.97 Å². The van der Waals surface area contributed by atoms with Crippen molar-refractivity contribution < 1.29 is 0 Å². The van der Waals surface area contributed by atoms with E-state index in [-0.39, 0.29) is 0 Å². The van der Waals surface area contributed by atoms with Crippen LogP contribution in [-0.4, -0.2) is 19.1 Å². The lowest BCUT2D eigenvalue weighted by Gasteiger charge is -2.13. The van der Waals surface area contributed by atoms with E-state index in [1.165, 1.54) is 48.7 Å². The van der Waals surface area contributed by atoms with E-state index in [0.717, 1.165) is 44.7 Å². The highest BCUT2D eigenvalue weighted by atomic mass is 15.1. The quantitative estimate of drug-likeness (QED) is 0.188. The molecule has 0 aliphatic heterocycles. The number of aromatic nitrogens is 4. The lowest BCUT2D eigenvalue weighted by atomic mass is 10.0. The molecule has 3 heterocycles. The summed E-state index contributed by atoms with van der Waals surface area (Å²) in [6.07, 6.45) is 0. The minimum atomic E-state index is 0.694. The van der Waals surface area contributed by atoms with Crippen LogP contribution in [0.5, 0.6) is 0 Å². The number of para-hydroxylation sites is 3. The van der Waals surface area contributed by atoms with Crippen molar-refractivity contribution in [3.63, 3.8) is 0 Å². The highest BCUT2D eigenvalue weighted by Crippen LogP contribution is 2.42. The summed E-state index contributed by atoms with van der Waals surface area (Å²) in [7, 11) is 0. The molecule has 0 radical (unpaired) electrons. The van der Waals surface area contributed by atoms with Crippen molar-refractivity contribution in [3.05, 3.63) is 182 Å². The maximum atomic E-state index is 5.38. The monoisotopic (exact) mass is 662 g/mol. The molecule has 0 fully saturated rings. The summed E-state index contributed by atoms with van der Waals surface area (Å²) in [4.78, 5) is 10.6. The molecule has 0 unspecified atom stereocenters. The Morgan fingerprint density at radius 3 is 1.54 bits per heavy atom. The first-order valence-corrected chi connectivity index (χ1v) is 17.7. The fraction of sp³-hybridized carbons (Fsp3) is 0. The molecule has 242 valence electrons. The second-order valence-corrected chi connectivity index (χ2v) is 13.5. The van der Waals surface area contributed by atoms with Crippen LogP contribution in [0.1, 0.15) is 0 Å². The average Bonchev–Trinajstić information content (AvgIpc) is 3.73. The normalized spacial score (nSPS) is 11.8. The number of fused-ring (bicyclic) bond motifs is 9. The number of benzene rings is 8. The van der Waals surface area contributed by atoms with Crippen molar-refractivity contribution in [2.24, 2.45) is 0 Å². The van der Waals surface area contributed by atoms with Gasteiger partial charge in [-0.15, -0.1) is 0 Å². The molecule has 8 aromatic carbocycles. The fourth-order valence-electron chi connectivity index (χ4n) is 8.12. The Morgan fingerprint density at radius 2 is 0.865 bits per heavy atom. The summed E-state index contributed by atoms with van der Waals surface area (Å²) >= 11 is 0. The van der Waals surface area contributed by atoms with Gasteiger partial charge < -0.3 is 4.57 Å². The maximum Gasteiger partial charge on any atom is 0.162 e. The van der Waals surface area contributed by atoms with Gasteiger partial charge in [0.05, 0.1) is 27.8 Å². The molecule has 0 saturated carbocycles. The molecule has 0 atom stereocenters. The Kier molecular flexibility index (Phi) is 6.22. The molecular formula is C48H30N4. The Morgan fingerprint density at radius 1 is 0.346 bits per heavy atom. The van der Waals surface area contributed by atoms with Crippen LogP contribution in [-0.2, 0) is 0 Å². The van der Waals surface area contributed by atoms with Gasteiger partial charge in [0.2, 0.25) is 0 Å². The van der Waals surface area contributed by atoms with Gasteiger partial charge in [0.25, 0.3) is 0 Å². The van der Waals surface area contributed by atoms with Gasteiger partial charge in [-0.2, -0.15) is 0 Å². The number of hydrogen-bond acceptors (Lipinski definition) is 2. The minimum absolute atomic E-state index is 0.694. The number of hydrogen-bond donors (Lipinski definition) is 0. The van der Waals surface area contributed by atoms with Crippen molar-refractivity contribution in [1.82, 2.24) is 19.1 Å². The van der Waals surface area contributed by atoms with Crippen LogP contribution >= 0.6 is 0 Å². The smallest absolute Gasteiger partial charge is 0.162 e. The molecule has 3 aromatic heterocycles. The largest absolute Gasteiger partial charge is 0.309 e. The average molecular weight is 663 g/mol. The van der Waals surface area contributed by atoms with Crippen molar-refractivity contribution >= 4 is 65.2 Å². The van der Waals surface area contributed by atoms with Crippen molar-refractivity contribution in [1.29, 1.82) is 0 Å². The lowest BCUT2D eigenvalue weighted by molar-refractivity contribution is 1.05. The Labute approximate surface area is 299 Å². The van der Waals surface area contributed by atoms with E-state index in [1.807, 2.05) is 0 Å². The zero-order valence-electron chi connectivity index (χ0n) is 28.1. The molecule has 0 aliphatic rings. The molecule has 11 aromatic rings. The van der Waals surface area contributed by atoms with E-state index < -0.39 is 0 Å². The highest BCUT2D eigenvalue weighted by Gasteiger charge is 2.22. The third-order valence-corrected chi connectivity index (χ3v) is 10.5. The van der Waals surface area contributed by atoms with E-state index in [1.54, 1.807) is 0 Å². The molecule has 11 rings (SSSR count). The molecule has 4 heteroatoms. The van der Waals surface area contributed by atoms with Crippen LogP contribution in [0.2, 0.25) is 0 Å². The summed E-state index contributed by atoms with van der Waals surface area (Å²) < 4.78 is 4.71. The van der Waals surface area contributed by atoms with Crippen LogP contribution < -0.4 is 0 Å². The summed E-state index contributed by atoms with van der Waals surface area (Å²) in [6.45, 7) is 0. The van der Waals surface area contributed by atoms with E-state index in [0.29, 0.717) is 5.82 Å². The van der Waals surface area contributed by atoms with Gasteiger partial charge in [0, 0.05) is 44.4 Å². The van der Waals surface area contributed by atoms with Gasteiger partial charge in [-0.1, -0.05) is 127 Å². The van der Waals surface area contributed by atoms with E-state index >= 15 is 0 Å². The molecule has 0 amide bonds. The zero-order chi connectivity index (χ0) is 34.2. The molecule has 0 saturated heterocycles. The number of rotatable bonds is 4. The molecule has 0 N–H and O–H groups in total. The van der Waals surface area contributed by atoms with E-state index in [2.05, 4.69) is 191 Å². The summed E-state index contributed by atoms with van der Waals surface area (Å²) in [6, 6.07) is 64.9. The first-order chi connectivity index (χ1) is 25.8.